The zero-order valence-corrected chi connectivity index (χ0v) is 16.0. The maximum absolute atomic E-state index is 6.14. The van der Waals surface area contributed by atoms with Crippen LogP contribution >= 0.6 is 0 Å². The third-order valence-corrected chi connectivity index (χ3v) is 5.91. The van der Waals surface area contributed by atoms with Crippen molar-refractivity contribution in [2.45, 2.75) is 57.8 Å². The molecule has 2 aliphatic heterocycles. The van der Waals surface area contributed by atoms with Gasteiger partial charge in [-0.25, -0.2) is 0 Å². The van der Waals surface area contributed by atoms with Crippen molar-refractivity contribution < 1.29 is 9.31 Å². The van der Waals surface area contributed by atoms with E-state index in [4.69, 9.17) is 9.31 Å². The van der Waals surface area contributed by atoms with Gasteiger partial charge in [0, 0.05) is 24.8 Å². The minimum atomic E-state index is -0.290. The van der Waals surface area contributed by atoms with Crippen LogP contribution in [0.1, 0.15) is 40.5 Å². The molecule has 2 saturated heterocycles. The number of benzene rings is 1. The van der Waals surface area contributed by atoms with E-state index in [1.54, 1.807) is 0 Å². The second kappa shape index (κ2) is 6.36. The van der Waals surface area contributed by atoms with Gasteiger partial charge in [-0.3, -0.25) is 0 Å². The fraction of sp³-hybridized carbons (Fsp3) is 0.684. The van der Waals surface area contributed by atoms with Crippen LogP contribution in [-0.4, -0.2) is 56.4 Å². The van der Waals surface area contributed by atoms with Crippen LogP contribution in [0.3, 0.4) is 0 Å². The molecule has 0 N–H and O–H groups in total. The molecule has 1 unspecified atom stereocenters. The van der Waals surface area contributed by atoms with Crippen molar-refractivity contribution in [2.75, 3.05) is 32.1 Å². The van der Waals surface area contributed by atoms with Crippen molar-refractivity contribution in [3.63, 3.8) is 0 Å². The number of rotatable bonds is 3. The topological polar surface area (TPSA) is 24.9 Å². The van der Waals surface area contributed by atoms with E-state index in [-0.39, 0.29) is 18.3 Å². The summed E-state index contributed by atoms with van der Waals surface area (Å²) in [6, 6.07) is 9.35. The van der Waals surface area contributed by atoms with Gasteiger partial charge in [0.15, 0.2) is 0 Å². The summed E-state index contributed by atoms with van der Waals surface area (Å²) >= 11 is 0. The summed E-state index contributed by atoms with van der Waals surface area (Å²) < 4.78 is 12.3. The summed E-state index contributed by atoms with van der Waals surface area (Å²) in [4.78, 5) is 4.83. The Labute approximate surface area is 147 Å². The zero-order valence-electron chi connectivity index (χ0n) is 16.0. The molecule has 0 saturated carbocycles. The molecule has 0 aliphatic carbocycles. The molecular formula is C19H31BN2O2. The zero-order chi connectivity index (χ0) is 17.5. The third-order valence-electron chi connectivity index (χ3n) is 5.91. The molecular weight excluding hydrogens is 299 g/mol. The van der Waals surface area contributed by atoms with Gasteiger partial charge >= 0.3 is 7.12 Å². The minimum absolute atomic E-state index is 0.278. The van der Waals surface area contributed by atoms with E-state index in [1.807, 2.05) is 0 Å². The Bertz CT molecular complexity index is 555. The SMILES string of the molecule is CN(C)C1CCCN(c2ccc(B3OC(C)(C)C(C)(C)O3)cc2)C1. The molecule has 132 valence electrons. The highest BCUT2D eigenvalue weighted by molar-refractivity contribution is 6.62. The van der Waals surface area contributed by atoms with Crippen LogP contribution in [0.5, 0.6) is 0 Å². The quantitative estimate of drug-likeness (QED) is 0.795. The largest absolute Gasteiger partial charge is 0.494 e. The first kappa shape index (κ1) is 17.8. The van der Waals surface area contributed by atoms with Gasteiger partial charge in [0.05, 0.1) is 11.2 Å². The van der Waals surface area contributed by atoms with E-state index < -0.39 is 0 Å². The Balaban J connectivity index is 1.70. The molecule has 2 heterocycles. The Kier molecular flexibility index (Phi) is 4.71. The first-order chi connectivity index (χ1) is 11.2. The van der Waals surface area contributed by atoms with Crippen LogP contribution in [0.25, 0.3) is 0 Å². The van der Waals surface area contributed by atoms with Gasteiger partial charge in [-0.05, 0) is 72.2 Å². The van der Waals surface area contributed by atoms with Crippen molar-refractivity contribution >= 4 is 18.3 Å². The average molecular weight is 330 g/mol. The highest BCUT2D eigenvalue weighted by Gasteiger charge is 2.51. The molecule has 1 aromatic carbocycles. The maximum Gasteiger partial charge on any atom is 0.494 e. The first-order valence-corrected chi connectivity index (χ1v) is 9.06. The van der Waals surface area contributed by atoms with Gasteiger partial charge in [-0.2, -0.15) is 0 Å². The normalized spacial score (nSPS) is 26.2. The summed E-state index contributed by atoms with van der Waals surface area (Å²) in [6.07, 6.45) is 2.54. The maximum atomic E-state index is 6.14. The fourth-order valence-corrected chi connectivity index (χ4v) is 3.43. The number of hydrogen-bond donors (Lipinski definition) is 0. The lowest BCUT2D eigenvalue weighted by molar-refractivity contribution is 0.00578. The van der Waals surface area contributed by atoms with E-state index in [2.05, 4.69) is 75.9 Å². The molecule has 3 rings (SSSR count). The van der Waals surface area contributed by atoms with E-state index in [0.29, 0.717) is 6.04 Å². The van der Waals surface area contributed by atoms with Crippen LogP contribution in [0.2, 0.25) is 0 Å². The van der Waals surface area contributed by atoms with Gasteiger partial charge in [0.2, 0.25) is 0 Å². The fourth-order valence-electron chi connectivity index (χ4n) is 3.43. The summed E-state index contributed by atoms with van der Waals surface area (Å²) in [5.74, 6) is 0. The van der Waals surface area contributed by atoms with E-state index in [9.17, 15) is 0 Å². The monoisotopic (exact) mass is 330 g/mol. The number of hydrogen-bond acceptors (Lipinski definition) is 4. The molecule has 0 spiro atoms. The van der Waals surface area contributed by atoms with Crippen molar-refractivity contribution in [3.05, 3.63) is 24.3 Å². The lowest BCUT2D eigenvalue weighted by Crippen LogP contribution is -2.45. The highest BCUT2D eigenvalue weighted by Crippen LogP contribution is 2.36. The Morgan fingerprint density at radius 1 is 1.04 bits per heavy atom. The molecule has 1 atom stereocenters. The van der Waals surface area contributed by atoms with Crippen molar-refractivity contribution in [2.24, 2.45) is 0 Å². The molecule has 4 nitrogen and oxygen atoms in total. The van der Waals surface area contributed by atoms with Gasteiger partial charge in [0.25, 0.3) is 0 Å². The molecule has 24 heavy (non-hydrogen) atoms. The molecule has 0 aromatic heterocycles. The predicted octanol–water partition coefficient (Wildman–Crippen LogP) is 2.52. The van der Waals surface area contributed by atoms with Gasteiger partial charge in [0.1, 0.15) is 0 Å². The van der Waals surface area contributed by atoms with Crippen LogP contribution in [0, 0.1) is 0 Å². The number of nitrogens with zero attached hydrogens (tertiary/aromatic N) is 2. The molecule has 0 amide bonds. The predicted molar refractivity (Wildman–Crippen MR) is 101 cm³/mol. The van der Waals surface area contributed by atoms with Crippen molar-refractivity contribution in [1.82, 2.24) is 4.90 Å². The second-order valence-corrected chi connectivity index (χ2v) is 8.39. The lowest BCUT2D eigenvalue weighted by Gasteiger charge is -2.37. The molecule has 0 radical (unpaired) electrons. The van der Waals surface area contributed by atoms with E-state index >= 15 is 0 Å². The molecule has 0 bridgehead atoms. The average Bonchev–Trinajstić information content (AvgIpc) is 2.76. The lowest BCUT2D eigenvalue weighted by atomic mass is 9.79. The van der Waals surface area contributed by atoms with E-state index in [0.717, 1.165) is 18.6 Å². The smallest absolute Gasteiger partial charge is 0.399 e. The summed E-state index contributed by atoms with van der Waals surface area (Å²) in [5, 5.41) is 0. The Hall–Kier alpha value is -1.04. The summed E-state index contributed by atoms with van der Waals surface area (Å²) in [6.45, 7) is 10.6. The van der Waals surface area contributed by atoms with Crippen LogP contribution < -0.4 is 10.4 Å². The van der Waals surface area contributed by atoms with Crippen molar-refractivity contribution in [1.29, 1.82) is 0 Å². The number of anilines is 1. The van der Waals surface area contributed by atoms with Gasteiger partial charge in [-0.1, -0.05) is 12.1 Å². The van der Waals surface area contributed by atoms with Crippen molar-refractivity contribution in [3.8, 4) is 0 Å². The summed E-state index contributed by atoms with van der Waals surface area (Å²) in [7, 11) is 4.07. The first-order valence-electron chi connectivity index (χ1n) is 9.06. The molecule has 5 heteroatoms. The van der Waals surface area contributed by atoms with Crippen LogP contribution in [0.4, 0.5) is 5.69 Å². The van der Waals surface area contributed by atoms with E-state index in [1.165, 1.54) is 18.5 Å². The standard InChI is InChI=1S/C19H31BN2O2/c1-18(2)19(3,4)24-20(23-18)15-9-11-16(12-10-15)22-13-7-8-17(14-22)21(5)6/h9-12,17H,7-8,13-14H2,1-6H3. The number of piperidine rings is 1. The second-order valence-electron chi connectivity index (χ2n) is 8.39. The molecule has 2 fully saturated rings. The molecule has 1 aromatic rings. The van der Waals surface area contributed by atoms with Gasteiger partial charge < -0.3 is 19.1 Å². The third kappa shape index (κ3) is 3.35. The highest BCUT2D eigenvalue weighted by atomic mass is 16.7. The number of likely N-dealkylation sites (N-methyl/N-ethyl adjacent to an activating group) is 1. The summed E-state index contributed by atoms with van der Waals surface area (Å²) in [5.41, 5.74) is 1.81. The van der Waals surface area contributed by atoms with Gasteiger partial charge in [-0.15, -0.1) is 0 Å². The van der Waals surface area contributed by atoms with Crippen LogP contribution in [0.15, 0.2) is 24.3 Å². The Morgan fingerprint density at radius 2 is 1.62 bits per heavy atom. The minimum Gasteiger partial charge on any atom is -0.399 e. The Morgan fingerprint density at radius 3 is 2.17 bits per heavy atom. The molecule has 2 aliphatic rings. The van der Waals surface area contributed by atoms with Crippen LogP contribution in [-0.2, 0) is 9.31 Å².